The fourth-order valence-corrected chi connectivity index (χ4v) is 4.03. The van der Waals surface area contributed by atoms with Crippen LogP contribution in [0.25, 0.3) is 5.57 Å². The minimum absolute atomic E-state index is 0.159. The lowest BCUT2D eigenvalue weighted by atomic mass is 9.95. The second-order valence-electron chi connectivity index (χ2n) is 7.89. The Bertz CT molecular complexity index is 1070. The third kappa shape index (κ3) is 4.26. The number of hydrogen-bond acceptors (Lipinski definition) is 7. The van der Waals surface area contributed by atoms with Crippen LogP contribution >= 0.6 is 0 Å². The maximum Gasteiger partial charge on any atom is 0.270 e. The van der Waals surface area contributed by atoms with Gasteiger partial charge in [-0.3, -0.25) is 25.0 Å². The Hall–Kier alpha value is -3.72. The van der Waals surface area contributed by atoms with Gasteiger partial charge in [-0.25, -0.2) is 0 Å². The number of anilines is 2. The van der Waals surface area contributed by atoms with E-state index in [1.54, 1.807) is 0 Å². The number of hydrogen-bond donors (Lipinski definition) is 3. The molecule has 4 rings (SSSR count). The summed E-state index contributed by atoms with van der Waals surface area (Å²) in [6.07, 6.45) is 1.47. The summed E-state index contributed by atoms with van der Waals surface area (Å²) in [6.45, 7) is 6.16. The molecule has 0 aliphatic carbocycles. The second kappa shape index (κ2) is 8.19. The van der Waals surface area contributed by atoms with Crippen molar-refractivity contribution in [2.24, 2.45) is 0 Å². The van der Waals surface area contributed by atoms with Gasteiger partial charge in [0.2, 0.25) is 0 Å². The number of amides is 2. The van der Waals surface area contributed by atoms with Crippen molar-refractivity contribution in [1.29, 1.82) is 0 Å². The number of benzene rings is 2. The minimum atomic E-state index is -0.606. The van der Waals surface area contributed by atoms with Gasteiger partial charge in [-0.2, -0.15) is 0 Å². The van der Waals surface area contributed by atoms with Crippen LogP contribution in [0, 0.1) is 10.1 Å². The van der Waals surface area contributed by atoms with Gasteiger partial charge >= 0.3 is 0 Å². The van der Waals surface area contributed by atoms with Crippen LogP contribution in [-0.4, -0.2) is 41.9 Å². The molecule has 31 heavy (non-hydrogen) atoms. The first-order valence-electron chi connectivity index (χ1n) is 10.0. The molecule has 2 aliphatic rings. The van der Waals surface area contributed by atoms with E-state index in [0.717, 1.165) is 24.5 Å². The van der Waals surface area contributed by atoms with Crippen molar-refractivity contribution in [3.8, 4) is 0 Å². The molecule has 2 aromatic rings. The zero-order valence-electron chi connectivity index (χ0n) is 17.2. The molecule has 0 radical (unpaired) electrons. The Balaban J connectivity index is 1.56. The Morgan fingerprint density at radius 2 is 1.71 bits per heavy atom. The molecule has 2 unspecified atom stereocenters. The van der Waals surface area contributed by atoms with Crippen molar-refractivity contribution in [1.82, 2.24) is 10.6 Å². The average molecular weight is 421 g/mol. The smallest absolute Gasteiger partial charge is 0.270 e. The Kier molecular flexibility index (Phi) is 5.43. The van der Waals surface area contributed by atoms with Gasteiger partial charge in [-0.15, -0.1) is 0 Å². The first-order chi connectivity index (χ1) is 14.8. The second-order valence-corrected chi connectivity index (χ2v) is 7.89. The van der Waals surface area contributed by atoms with E-state index in [1.165, 1.54) is 24.4 Å². The lowest BCUT2D eigenvalue weighted by Crippen LogP contribution is -2.54. The topological polar surface area (TPSA) is 117 Å². The molecule has 1 saturated heterocycles. The molecule has 2 amide bonds. The SMILES string of the molecule is CC1CN(c2ccc(N/C=C3\C(=O)NC(=O)c4ccc([N+](=O)[O-])cc43)cc2)CC(C)N1. The van der Waals surface area contributed by atoms with Gasteiger partial charge in [0.15, 0.2) is 0 Å². The van der Waals surface area contributed by atoms with Crippen molar-refractivity contribution in [2.75, 3.05) is 23.3 Å². The summed E-state index contributed by atoms with van der Waals surface area (Å²) in [6, 6.07) is 12.5. The molecule has 0 bridgehead atoms. The van der Waals surface area contributed by atoms with Gasteiger partial charge in [-0.1, -0.05) is 0 Å². The lowest BCUT2D eigenvalue weighted by molar-refractivity contribution is -0.384. The first kappa shape index (κ1) is 20.5. The van der Waals surface area contributed by atoms with Crippen molar-refractivity contribution in [2.45, 2.75) is 25.9 Å². The van der Waals surface area contributed by atoms with Gasteiger partial charge in [0.25, 0.3) is 17.5 Å². The summed E-state index contributed by atoms with van der Waals surface area (Å²) in [5, 5.41) is 19.9. The molecule has 9 heteroatoms. The van der Waals surface area contributed by atoms with Crippen LogP contribution in [0.2, 0.25) is 0 Å². The number of nitro groups is 1. The van der Waals surface area contributed by atoms with Crippen LogP contribution < -0.4 is 20.9 Å². The third-order valence-electron chi connectivity index (χ3n) is 5.39. The van der Waals surface area contributed by atoms with Crippen LogP contribution in [-0.2, 0) is 4.79 Å². The maximum absolute atomic E-state index is 12.4. The Morgan fingerprint density at radius 3 is 2.35 bits per heavy atom. The summed E-state index contributed by atoms with van der Waals surface area (Å²) in [5.41, 5.74) is 2.29. The van der Waals surface area contributed by atoms with Crippen molar-refractivity contribution in [3.05, 3.63) is 69.9 Å². The number of piperazine rings is 1. The minimum Gasteiger partial charge on any atom is -0.368 e. The van der Waals surface area contributed by atoms with E-state index in [4.69, 9.17) is 0 Å². The number of imide groups is 1. The number of nitrogens with zero attached hydrogens (tertiary/aromatic N) is 2. The summed E-state index contributed by atoms with van der Waals surface area (Å²) < 4.78 is 0. The van der Waals surface area contributed by atoms with Gasteiger partial charge in [0.05, 0.1) is 10.5 Å². The zero-order valence-corrected chi connectivity index (χ0v) is 17.2. The van der Waals surface area contributed by atoms with E-state index < -0.39 is 16.7 Å². The molecule has 0 spiro atoms. The predicted molar refractivity (Wildman–Crippen MR) is 118 cm³/mol. The average Bonchev–Trinajstić information content (AvgIpc) is 2.73. The van der Waals surface area contributed by atoms with E-state index in [9.17, 15) is 19.7 Å². The standard InChI is InChI=1S/C22H23N5O4/c1-13-11-26(12-14(2)24-13)16-5-3-15(4-6-16)23-10-20-19-9-17(27(30)31)7-8-18(19)21(28)25-22(20)29/h3-10,13-14,23-24H,11-12H2,1-2H3,(H,25,28,29)/b20-10-. The third-order valence-corrected chi connectivity index (χ3v) is 5.39. The van der Waals surface area contributed by atoms with Crippen molar-refractivity contribution < 1.29 is 14.5 Å². The summed E-state index contributed by atoms with van der Waals surface area (Å²) in [7, 11) is 0. The molecule has 2 heterocycles. The fraction of sp³-hybridized carbons (Fsp3) is 0.273. The fourth-order valence-electron chi connectivity index (χ4n) is 4.03. The highest BCUT2D eigenvalue weighted by molar-refractivity contribution is 6.31. The predicted octanol–water partition coefficient (Wildman–Crippen LogP) is 2.50. The van der Waals surface area contributed by atoms with Crippen molar-refractivity contribution >= 4 is 34.4 Å². The normalized spacial score (nSPS) is 22.1. The van der Waals surface area contributed by atoms with Gasteiger partial charge in [-0.05, 0) is 44.2 Å². The van der Waals surface area contributed by atoms with Crippen LogP contribution in [0.4, 0.5) is 17.1 Å². The summed E-state index contributed by atoms with van der Waals surface area (Å²) >= 11 is 0. The molecule has 9 nitrogen and oxygen atoms in total. The molecule has 1 fully saturated rings. The van der Waals surface area contributed by atoms with E-state index >= 15 is 0 Å². The number of non-ortho nitro benzene ring substituents is 1. The summed E-state index contributed by atoms with van der Waals surface area (Å²) in [5.74, 6) is -1.18. The quantitative estimate of drug-likeness (QED) is 0.301. The van der Waals surface area contributed by atoms with Gasteiger partial charge in [0.1, 0.15) is 0 Å². The number of carbonyl (C=O) groups is 2. The summed E-state index contributed by atoms with van der Waals surface area (Å²) in [4.78, 5) is 37.3. The maximum atomic E-state index is 12.4. The highest BCUT2D eigenvalue weighted by Gasteiger charge is 2.29. The molecule has 2 aromatic carbocycles. The number of carbonyl (C=O) groups excluding carboxylic acids is 2. The number of rotatable bonds is 4. The van der Waals surface area contributed by atoms with Crippen LogP contribution in [0.5, 0.6) is 0 Å². The van der Waals surface area contributed by atoms with Crippen LogP contribution in [0.3, 0.4) is 0 Å². The number of nitro benzene ring substituents is 1. The molecule has 2 aliphatic heterocycles. The van der Waals surface area contributed by atoms with E-state index in [2.05, 4.69) is 34.7 Å². The molecule has 0 saturated carbocycles. The number of nitrogens with one attached hydrogen (secondary N) is 3. The first-order valence-corrected chi connectivity index (χ1v) is 10.0. The van der Waals surface area contributed by atoms with Crippen LogP contribution in [0.1, 0.15) is 29.8 Å². The van der Waals surface area contributed by atoms with Crippen molar-refractivity contribution in [3.63, 3.8) is 0 Å². The molecule has 3 N–H and O–H groups in total. The largest absolute Gasteiger partial charge is 0.368 e. The zero-order chi connectivity index (χ0) is 22.1. The van der Waals surface area contributed by atoms with E-state index in [1.807, 2.05) is 24.3 Å². The number of fused-ring (bicyclic) bond motifs is 1. The highest BCUT2D eigenvalue weighted by atomic mass is 16.6. The van der Waals surface area contributed by atoms with E-state index in [-0.39, 0.29) is 22.4 Å². The van der Waals surface area contributed by atoms with E-state index in [0.29, 0.717) is 12.1 Å². The molecule has 160 valence electrons. The molecule has 0 aromatic heterocycles. The molecular formula is C22H23N5O4. The monoisotopic (exact) mass is 421 g/mol. The highest BCUT2D eigenvalue weighted by Crippen LogP contribution is 2.28. The lowest BCUT2D eigenvalue weighted by Gasteiger charge is -2.37. The van der Waals surface area contributed by atoms with Gasteiger partial charge < -0.3 is 15.5 Å². The Morgan fingerprint density at radius 1 is 1.03 bits per heavy atom. The molecular weight excluding hydrogens is 398 g/mol. The molecule has 2 atom stereocenters. The van der Waals surface area contributed by atoms with Gasteiger partial charge in [0, 0.05) is 66.0 Å². The van der Waals surface area contributed by atoms with Crippen LogP contribution in [0.15, 0.2) is 48.7 Å². The Labute approximate surface area is 179 Å².